The predicted molar refractivity (Wildman–Crippen MR) is 84.9 cm³/mol. The van der Waals surface area contributed by atoms with Gasteiger partial charge >= 0.3 is 0 Å². The maximum atomic E-state index is 12.3. The van der Waals surface area contributed by atoms with Gasteiger partial charge in [-0.25, -0.2) is 0 Å². The first kappa shape index (κ1) is 15.8. The van der Waals surface area contributed by atoms with E-state index in [2.05, 4.69) is 14.8 Å². The van der Waals surface area contributed by atoms with Crippen LogP contribution in [0.25, 0.3) is 0 Å². The second-order valence-electron chi connectivity index (χ2n) is 6.01. The van der Waals surface area contributed by atoms with Gasteiger partial charge in [0.25, 0.3) is 0 Å². The molecule has 6 nitrogen and oxygen atoms in total. The SMILES string of the molecule is Cc1nnc(SCC(=O)N2CCCCC2)n1C[C@H]1CCCO1. The average molecular weight is 324 g/mol. The van der Waals surface area contributed by atoms with Crippen molar-refractivity contribution >= 4 is 17.7 Å². The first-order valence-electron chi connectivity index (χ1n) is 8.16. The molecule has 0 aromatic carbocycles. The van der Waals surface area contributed by atoms with Crippen molar-refractivity contribution in [2.75, 3.05) is 25.4 Å². The minimum absolute atomic E-state index is 0.217. The van der Waals surface area contributed by atoms with Crippen molar-refractivity contribution in [1.29, 1.82) is 0 Å². The molecule has 0 N–H and O–H groups in total. The number of carbonyl (C=O) groups is 1. The van der Waals surface area contributed by atoms with Crippen molar-refractivity contribution in [3.8, 4) is 0 Å². The van der Waals surface area contributed by atoms with Crippen molar-refractivity contribution in [3.63, 3.8) is 0 Å². The summed E-state index contributed by atoms with van der Waals surface area (Å²) in [5, 5.41) is 9.22. The maximum Gasteiger partial charge on any atom is 0.233 e. The summed E-state index contributed by atoms with van der Waals surface area (Å²) in [5.74, 6) is 1.56. The number of carbonyl (C=O) groups excluding carboxylic acids is 1. The number of rotatable bonds is 5. The lowest BCUT2D eigenvalue weighted by atomic mass is 10.1. The Hall–Kier alpha value is -1.08. The lowest BCUT2D eigenvalue weighted by Gasteiger charge is -2.26. The summed E-state index contributed by atoms with van der Waals surface area (Å²) in [6, 6.07) is 0. The number of likely N-dealkylation sites (tertiary alicyclic amines) is 1. The molecular formula is C15H24N4O2S. The van der Waals surface area contributed by atoms with E-state index in [0.717, 1.165) is 62.9 Å². The topological polar surface area (TPSA) is 60.2 Å². The molecule has 1 aromatic rings. The van der Waals surface area contributed by atoms with Crippen LogP contribution < -0.4 is 0 Å². The van der Waals surface area contributed by atoms with Crippen LogP contribution in [0.2, 0.25) is 0 Å². The van der Waals surface area contributed by atoms with Gasteiger partial charge in [0.2, 0.25) is 5.91 Å². The average Bonchev–Trinajstić information content (AvgIpc) is 3.18. The van der Waals surface area contributed by atoms with Crippen LogP contribution in [0.1, 0.15) is 37.9 Å². The van der Waals surface area contributed by atoms with Crippen LogP contribution >= 0.6 is 11.8 Å². The molecule has 2 aliphatic rings. The molecule has 0 aliphatic carbocycles. The first-order valence-corrected chi connectivity index (χ1v) is 9.14. The van der Waals surface area contributed by atoms with E-state index in [1.807, 2.05) is 11.8 Å². The Morgan fingerprint density at radius 3 is 2.82 bits per heavy atom. The normalized spacial score (nSPS) is 22.2. The molecule has 0 saturated carbocycles. The number of hydrogen-bond acceptors (Lipinski definition) is 5. The van der Waals surface area contributed by atoms with E-state index < -0.39 is 0 Å². The third-order valence-electron chi connectivity index (χ3n) is 4.35. The van der Waals surface area contributed by atoms with E-state index in [1.54, 1.807) is 0 Å². The zero-order chi connectivity index (χ0) is 15.4. The fourth-order valence-corrected chi connectivity index (χ4v) is 3.93. The maximum absolute atomic E-state index is 12.3. The number of hydrogen-bond donors (Lipinski definition) is 0. The van der Waals surface area contributed by atoms with Gasteiger partial charge in [0, 0.05) is 19.7 Å². The molecular weight excluding hydrogens is 300 g/mol. The molecule has 1 amide bonds. The lowest BCUT2D eigenvalue weighted by Crippen LogP contribution is -2.36. The summed E-state index contributed by atoms with van der Waals surface area (Å²) < 4.78 is 7.78. The predicted octanol–water partition coefficient (Wildman–Crippen LogP) is 1.87. The monoisotopic (exact) mass is 324 g/mol. The van der Waals surface area contributed by atoms with Crippen LogP contribution in [0.4, 0.5) is 0 Å². The minimum atomic E-state index is 0.217. The minimum Gasteiger partial charge on any atom is -0.376 e. The Morgan fingerprint density at radius 2 is 2.09 bits per heavy atom. The summed E-state index contributed by atoms with van der Waals surface area (Å²) in [6.45, 7) is 5.40. The number of piperidine rings is 1. The molecule has 3 rings (SSSR count). The summed E-state index contributed by atoms with van der Waals surface area (Å²) in [6.07, 6.45) is 5.98. The third-order valence-corrected chi connectivity index (χ3v) is 5.30. The second-order valence-corrected chi connectivity index (χ2v) is 6.95. The highest BCUT2D eigenvalue weighted by Gasteiger charge is 2.21. The molecule has 3 heterocycles. The van der Waals surface area contributed by atoms with Gasteiger partial charge < -0.3 is 14.2 Å². The van der Waals surface area contributed by atoms with E-state index in [0.29, 0.717) is 5.75 Å². The van der Waals surface area contributed by atoms with Crippen molar-refractivity contribution < 1.29 is 9.53 Å². The summed E-state index contributed by atoms with van der Waals surface area (Å²) in [7, 11) is 0. The molecule has 2 aliphatic heterocycles. The Bertz CT molecular complexity index is 508. The van der Waals surface area contributed by atoms with Crippen LogP contribution in [0, 0.1) is 6.92 Å². The number of aryl methyl sites for hydroxylation is 1. The molecule has 7 heteroatoms. The zero-order valence-corrected chi connectivity index (χ0v) is 14.0. The third kappa shape index (κ3) is 3.81. The van der Waals surface area contributed by atoms with Crippen LogP contribution in [0.3, 0.4) is 0 Å². The number of thioether (sulfide) groups is 1. The highest BCUT2D eigenvalue weighted by atomic mass is 32.2. The van der Waals surface area contributed by atoms with Gasteiger partial charge in [-0.3, -0.25) is 4.79 Å². The Morgan fingerprint density at radius 1 is 1.27 bits per heavy atom. The molecule has 0 unspecified atom stereocenters. The van der Waals surface area contributed by atoms with E-state index in [9.17, 15) is 4.79 Å². The molecule has 0 bridgehead atoms. The number of ether oxygens (including phenoxy) is 1. The Kier molecular flexibility index (Phi) is 5.36. The van der Waals surface area contributed by atoms with Gasteiger partial charge in [-0.05, 0) is 39.0 Å². The van der Waals surface area contributed by atoms with Crippen LogP contribution in [-0.4, -0.2) is 57.1 Å². The standard InChI is InChI=1S/C15H24N4O2S/c1-12-16-17-15(19(12)10-13-6-5-9-21-13)22-11-14(20)18-7-3-2-4-8-18/h13H,2-11H2,1H3/t13-/m1/s1. The highest BCUT2D eigenvalue weighted by molar-refractivity contribution is 7.99. The van der Waals surface area contributed by atoms with Gasteiger partial charge in [-0.15, -0.1) is 10.2 Å². The van der Waals surface area contributed by atoms with Gasteiger partial charge in [-0.2, -0.15) is 0 Å². The fraction of sp³-hybridized carbons (Fsp3) is 0.800. The second kappa shape index (κ2) is 7.46. The van der Waals surface area contributed by atoms with Crippen LogP contribution in [0.5, 0.6) is 0 Å². The summed E-state index contributed by atoms with van der Waals surface area (Å²) in [4.78, 5) is 14.2. The smallest absolute Gasteiger partial charge is 0.233 e. The molecule has 122 valence electrons. The van der Waals surface area contributed by atoms with Crippen molar-refractivity contribution in [2.45, 2.75) is 56.8 Å². The molecule has 2 saturated heterocycles. The fourth-order valence-electron chi connectivity index (χ4n) is 3.03. The van der Waals surface area contributed by atoms with Crippen LogP contribution in [-0.2, 0) is 16.1 Å². The number of aromatic nitrogens is 3. The van der Waals surface area contributed by atoms with Gasteiger partial charge in [0.15, 0.2) is 5.16 Å². The van der Waals surface area contributed by atoms with Crippen molar-refractivity contribution in [3.05, 3.63) is 5.82 Å². The number of amides is 1. The molecule has 1 aromatic heterocycles. The molecule has 0 radical (unpaired) electrons. The molecule has 22 heavy (non-hydrogen) atoms. The highest BCUT2D eigenvalue weighted by Crippen LogP contribution is 2.22. The lowest BCUT2D eigenvalue weighted by molar-refractivity contribution is -0.129. The summed E-state index contributed by atoms with van der Waals surface area (Å²) >= 11 is 1.50. The van der Waals surface area contributed by atoms with Crippen molar-refractivity contribution in [1.82, 2.24) is 19.7 Å². The van der Waals surface area contributed by atoms with E-state index in [4.69, 9.17) is 4.74 Å². The van der Waals surface area contributed by atoms with Gasteiger partial charge in [0.1, 0.15) is 5.82 Å². The van der Waals surface area contributed by atoms with Gasteiger partial charge in [-0.1, -0.05) is 11.8 Å². The van der Waals surface area contributed by atoms with E-state index in [-0.39, 0.29) is 12.0 Å². The van der Waals surface area contributed by atoms with E-state index >= 15 is 0 Å². The first-order chi connectivity index (χ1) is 10.7. The quantitative estimate of drug-likeness (QED) is 0.774. The van der Waals surface area contributed by atoms with E-state index in [1.165, 1.54) is 18.2 Å². The van der Waals surface area contributed by atoms with Crippen molar-refractivity contribution in [2.24, 2.45) is 0 Å². The molecule has 2 fully saturated rings. The Balaban J connectivity index is 1.56. The number of nitrogens with zero attached hydrogens (tertiary/aromatic N) is 4. The summed E-state index contributed by atoms with van der Waals surface area (Å²) in [5.41, 5.74) is 0. The van der Waals surface area contributed by atoms with Gasteiger partial charge in [0.05, 0.1) is 18.4 Å². The molecule has 0 spiro atoms. The Labute approximate surface area is 135 Å². The van der Waals surface area contributed by atoms with Crippen LogP contribution in [0.15, 0.2) is 5.16 Å². The molecule has 1 atom stereocenters. The zero-order valence-electron chi connectivity index (χ0n) is 13.2. The largest absolute Gasteiger partial charge is 0.376 e.